The lowest BCUT2D eigenvalue weighted by atomic mass is 10.1. The number of methoxy groups -OCH3 is 2. The summed E-state index contributed by atoms with van der Waals surface area (Å²) in [5, 5.41) is 0.338. The smallest absolute Gasteiger partial charge is 0.193 e. The summed E-state index contributed by atoms with van der Waals surface area (Å²) in [6.07, 6.45) is 0.627. The molecule has 0 amide bonds. The van der Waals surface area contributed by atoms with Crippen molar-refractivity contribution in [3.8, 4) is 22.8 Å². The quantitative estimate of drug-likeness (QED) is 0.692. The fourth-order valence-corrected chi connectivity index (χ4v) is 2.41. The maximum absolute atomic E-state index is 12.3. The van der Waals surface area contributed by atoms with Gasteiger partial charge in [0.2, 0.25) is 0 Å². The minimum atomic E-state index is -0.220. The second-order valence-corrected chi connectivity index (χ2v) is 4.88. The standard InChI is InChI=1S/C18H14O5/c1-21-12-5-3-11(4-6-12)17-9-15(20)13-7-8-16(22-2)14(10-19)18(13)23-17/h3-10H,1-2H3. The monoisotopic (exact) mass is 310 g/mol. The number of ether oxygens (including phenoxy) is 2. The number of carbonyl (C=O) groups excluding carboxylic acids is 1. The van der Waals surface area contributed by atoms with Gasteiger partial charge in [0.05, 0.1) is 25.2 Å². The summed E-state index contributed by atoms with van der Waals surface area (Å²) in [5.74, 6) is 1.44. The van der Waals surface area contributed by atoms with E-state index in [-0.39, 0.29) is 16.6 Å². The summed E-state index contributed by atoms with van der Waals surface area (Å²) in [7, 11) is 3.04. The van der Waals surface area contributed by atoms with Crippen LogP contribution in [0.15, 0.2) is 51.7 Å². The highest BCUT2D eigenvalue weighted by molar-refractivity contribution is 5.97. The third-order valence-corrected chi connectivity index (χ3v) is 3.61. The van der Waals surface area contributed by atoms with Crippen molar-refractivity contribution < 1.29 is 18.7 Å². The second kappa shape index (κ2) is 5.96. The summed E-state index contributed by atoms with van der Waals surface area (Å²) in [6.45, 7) is 0. The Kier molecular flexibility index (Phi) is 3.85. The molecule has 0 bridgehead atoms. The first-order chi connectivity index (χ1) is 11.2. The van der Waals surface area contributed by atoms with Gasteiger partial charge in [0.1, 0.15) is 17.3 Å². The summed E-state index contributed by atoms with van der Waals surface area (Å²) < 4.78 is 16.1. The number of benzene rings is 2. The van der Waals surface area contributed by atoms with Gasteiger partial charge in [-0.1, -0.05) is 0 Å². The lowest BCUT2D eigenvalue weighted by molar-refractivity contribution is 0.112. The third-order valence-electron chi connectivity index (χ3n) is 3.61. The zero-order valence-corrected chi connectivity index (χ0v) is 12.7. The largest absolute Gasteiger partial charge is 0.497 e. The Morgan fingerprint density at radius 3 is 2.35 bits per heavy atom. The van der Waals surface area contributed by atoms with E-state index in [4.69, 9.17) is 13.9 Å². The van der Waals surface area contributed by atoms with E-state index in [1.807, 2.05) is 0 Å². The van der Waals surface area contributed by atoms with Gasteiger partial charge in [-0.2, -0.15) is 0 Å². The molecular weight excluding hydrogens is 296 g/mol. The third kappa shape index (κ3) is 2.57. The number of aldehydes is 1. The molecule has 23 heavy (non-hydrogen) atoms. The van der Waals surface area contributed by atoms with Crippen LogP contribution in [0.1, 0.15) is 10.4 Å². The Hall–Kier alpha value is -3.08. The van der Waals surface area contributed by atoms with Crippen molar-refractivity contribution in [3.63, 3.8) is 0 Å². The number of carbonyl (C=O) groups is 1. The number of hydrogen-bond acceptors (Lipinski definition) is 5. The van der Waals surface area contributed by atoms with E-state index < -0.39 is 0 Å². The Morgan fingerprint density at radius 1 is 1.00 bits per heavy atom. The molecule has 0 radical (unpaired) electrons. The molecule has 1 aromatic heterocycles. The van der Waals surface area contributed by atoms with Crippen LogP contribution in [-0.4, -0.2) is 20.5 Å². The van der Waals surface area contributed by atoms with E-state index >= 15 is 0 Å². The van der Waals surface area contributed by atoms with Crippen LogP contribution in [0.5, 0.6) is 11.5 Å². The molecule has 2 aromatic carbocycles. The Bertz CT molecular complexity index is 923. The molecule has 0 unspecified atom stereocenters. The summed E-state index contributed by atoms with van der Waals surface area (Å²) in [4.78, 5) is 23.7. The zero-order chi connectivity index (χ0) is 16.4. The molecule has 5 heteroatoms. The zero-order valence-electron chi connectivity index (χ0n) is 12.7. The molecule has 0 atom stereocenters. The maximum Gasteiger partial charge on any atom is 0.193 e. The highest BCUT2D eigenvalue weighted by Gasteiger charge is 2.14. The van der Waals surface area contributed by atoms with E-state index in [1.165, 1.54) is 13.2 Å². The van der Waals surface area contributed by atoms with E-state index in [1.54, 1.807) is 43.5 Å². The fourth-order valence-electron chi connectivity index (χ4n) is 2.41. The molecule has 0 N–H and O–H groups in total. The van der Waals surface area contributed by atoms with Crippen LogP contribution in [0.2, 0.25) is 0 Å². The molecule has 1 heterocycles. The van der Waals surface area contributed by atoms with Crippen LogP contribution < -0.4 is 14.9 Å². The average Bonchev–Trinajstić information content (AvgIpc) is 2.60. The molecule has 0 saturated carbocycles. The van der Waals surface area contributed by atoms with Gasteiger partial charge in [-0.3, -0.25) is 9.59 Å². The molecule has 0 saturated heterocycles. The predicted molar refractivity (Wildman–Crippen MR) is 86.4 cm³/mol. The van der Waals surface area contributed by atoms with Crippen LogP contribution in [-0.2, 0) is 0 Å². The highest BCUT2D eigenvalue weighted by atomic mass is 16.5. The van der Waals surface area contributed by atoms with Crippen molar-refractivity contribution in [2.45, 2.75) is 0 Å². The number of hydrogen-bond donors (Lipinski definition) is 0. The van der Waals surface area contributed by atoms with Gasteiger partial charge >= 0.3 is 0 Å². The van der Waals surface area contributed by atoms with Gasteiger partial charge < -0.3 is 13.9 Å². The lowest BCUT2D eigenvalue weighted by Gasteiger charge is -2.08. The van der Waals surface area contributed by atoms with Gasteiger partial charge in [-0.15, -0.1) is 0 Å². The normalized spacial score (nSPS) is 10.5. The predicted octanol–water partition coefficient (Wildman–Crippen LogP) is 3.29. The van der Waals surface area contributed by atoms with Gasteiger partial charge in [0, 0.05) is 11.6 Å². The topological polar surface area (TPSA) is 65.7 Å². The molecule has 3 aromatic rings. The molecule has 0 spiro atoms. The van der Waals surface area contributed by atoms with Crippen LogP contribution in [0.3, 0.4) is 0 Å². The first kappa shape index (κ1) is 14.8. The first-order valence-corrected chi connectivity index (χ1v) is 6.92. The van der Waals surface area contributed by atoms with Crippen molar-refractivity contribution in [1.29, 1.82) is 0 Å². The molecule has 0 fully saturated rings. The average molecular weight is 310 g/mol. The van der Waals surface area contributed by atoms with Crippen molar-refractivity contribution in [1.82, 2.24) is 0 Å². The van der Waals surface area contributed by atoms with Gasteiger partial charge in [-0.05, 0) is 36.4 Å². The van der Waals surface area contributed by atoms with Crippen LogP contribution in [0.25, 0.3) is 22.3 Å². The molecule has 0 aliphatic heterocycles. The number of rotatable bonds is 4. The van der Waals surface area contributed by atoms with Gasteiger partial charge in [-0.25, -0.2) is 0 Å². The molecule has 5 nitrogen and oxygen atoms in total. The van der Waals surface area contributed by atoms with Gasteiger partial charge in [0.25, 0.3) is 0 Å². The first-order valence-electron chi connectivity index (χ1n) is 6.92. The van der Waals surface area contributed by atoms with E-state index in [9.17, 15) is 9.59 Å². The van der Waals surface area contributed by atoms with Crippen molar-refractivity contribution in [2.75, 3.05) is 14.2 Å². The van der Waals surface area contributed by atoms with Crippen molar-refractivity contribution >= 4 is 17.3 Å². The summed E-state index contributed by atoms with van der Waals surface area (Å²) in [6, 6.07) is 11.7. The summed E-state index contributed by atoms with van der Waals surface area (Å²) >= 11 is 0. The fraction of sp³-hybridized carbons (Fsp3) is 0.111. The van der Waals surface area contributed by atoms with Crippen molar-refractivity contribution in [2.24, 2.45) is 0 Å². The van der Waals surface area contributed by atoms with E-state index in [0.29, 0.717) is 34.5 Å². The van der Waals surface area contributed by atoms with Crippen LogP contribution in [0, 0.1) is 0 Å². The van der Waals surface area contributed by atoms with Gasteiger partial charge in [0.15, 0.2) is 17.3 Å². The highest BCUT2D eigenvalue weighted by Crippen LogP contribution is 2.29. The molecule has 0 aliphatic rings. The van der Waals surface area contributed by atoms with E-state index in [0.717, 1.165) is 0 Å². The van der Waals surface area contributed by atoms with Crippen molar-refractivity contribution in [3.05, 3.63) is 58.3 Å². The Balaban J connectivity index is 2.26. The summed E-state index contributed by atoms with van der Waals surface area (Å²) in [5.41, 5.74) is 0.933. The van der Waals surface area contributed by atoms with E-state index in [2.05, 4.69) is 0 Å². The number of fused-ring (bicyclic) bond motifs is 1. The molecule has 0 aliphatic carbocycles. The van der Waals surface area contributed by atoms with Crippen LogP contribution in [0.4, 0.5) is 0 Å². The maximum atomic E-state index is 12.3. The molecular formula is C18H14O5. The minimum absolute atomic E-state index is 0.220. The minimum Gasteiger partial charge on any atom is -0.497 e. The molecule has 116 valence electrons. The Morgan fingerprint density at radius 2 is 1.74 bits per heavy atom. The molecule has 3 rings (SSSR count). The SMILES string of the molecule is COc1ccc(-c2cc(=O)c3ccc(OC)c(C=O)c3o2)cc1. The lowest BCUT2D eigenvalue weighted by Crippen LogP contribution is -2.03. The second-order valence-electron chi connectivity index (χ2n) is 4.88. The van der Waals surface area contributed by atoms with Crippen LogP contribution >= 0.6 is 0 Å². The Labute approximate surface area is 132 Å².